The Hall–Kier alpha value is -2.11. The van der Waals surface area contributed by atoms with Gasteiger partial charge in [-0.3, -0.25) is 0 Å². The van der Waals surface area contributed by atoms with Crippen LogP contribution in [0.15, 0.2) is 30.3 Å². The Bertz CT molecular complexity index is 624. The molecule has 0 radical (unpaired) electrons. The van der Waals surface area contributed by atoms with Gasteiger partial charge in [-0.2, -0.15) is 5.10 Å². The number of aromatic nitrogens is 2. The number of rotatable bonds is 3. The molecular formula is C15H17F2N3O. The first-order valence-electron chi connectivity index (χ1n) is 6.83. The smallest absolute Gasteiger partial charge is 0.260 e. The Balaban J connectivity index is 1.91. The summed E-state index contributed by atoms with van der Waals surface area (Å²) in [5.41, 5.74) is 1.70. The number of hydrogen-bond acceptors (Lipinski definition) is 3. The monoisotopic (exact) mass is 293 g/mol. The Labute approximate surface area is 121 Å². The van der Waals surface area contributed by atoms with Crippen molar-refractivity contribution >= 4 is 5.82 Å². The van der Waals surface area contributed by atoms with Crippen molar-refractivity contribution in [3.8, 4) is 5.75 Å². The number of fused-ring (bicyclic) bond motifs is 1. The Morgan fingerprint density at radius 2 is 2.05 bits per heavy atom. The summed E-state index contributed by atoms with van der Waals surface area (Å²) in [6.07, 6.45) is -2.14. The van der Waals surface area contributed by atoms with Crippen molar-refractivity contribution in [2.24, 2.45) is 0 Å². The SMILES string of the molecule is COc1ccc([C@H]2C[C@H](C(F)F)n3nc(C)cc3N2)cc1. The Morgan fingerprint density at radius 3 is 2.67 bits per heavy atom. The van der Waals surface area contributed by atoms with Gasteiger partial charge in [0.15, 0.2) is 0 Å². The summed E-state index contributed by atoms with van der Waals surface area (Å²) in [6.45, 7) is 1.80. The Kier molecular flexibility index (Phi) is 3.53. The van der Waals surface area contributed by atoms with Crippen LogP contribution in [0.4, 0.5) is 14.6 Å². The lowest BCUT2D eigenvalue weighted by Crippen LogP contribution is -2.30. The van der Waals surface area contributed by atoms with E-state index in [1.54, 1.807) is 20.1 Å². The largest absolute Gasteiger partial charge is 0.497 e. The highest BCUT2D eigenvalue weighted by Crippen LogP contribution is 2.38. The predicted octanol–water partition coefficient (Wildman–Crippen LogP) is 3.56. The molecule has 0 saturated carbocycles. The third kappa shape index (κ3) is 2.57. The van der Waals surface area contributed by atoms with Gasteiger partial charge in [0, 0.05) is 6.07 Å². The lowest BCUT2D eigenvalue weighted by molar-refractivity contribution is 0.0657. The molecule has 1 aromatic heterocycles. The number of benzene rings is 1. The first-order chi connectivity index (χ1) is 10.1. The van der Waals surface area contributed by atoms with Crippen molar-refractivity contribution in [2.75, 3.05) is 12.4 Å². The molecule has 1 aliphatic heterocycles. The summed E-state index contributed by atoms with van der Waals surface area (Å²) in [7, 11) is 1.60. The number of methoxy groups -OCH3 is 1. The minimum Gasteiger partial charge on any atom is -0.497 e. The number of nitrogens with zero attached hydrogens (tertiary/aromatic N) is 2. The molecule has 0 fully saturated rings. The van der Waals surface area contributed by atoms with Crippen molar-refractivity contribution in [3.05, 3.63) is 41.6 Å². The molecule has 0 saturated heterocycles. The minimum absolute atomic E-state index is 0.154. The molecule has 21 heavy (non-hydrogen) atoms. The van der Waals surface area contributed by atoms with Crippen molar-refractivity contribution in [2.45, 2.75) is 31.9 Å². The van der Waals surface area contributed by atoms with E-state index in [2.05, 4.69) is 10.4 Å². The maximum absolute atomic E-state index is 13.3. The zero-order valence-corrected chi connectivity index (χ0v) is 11.9. The molecule has 0 spiro atoms. The molecule has 1 aromatic carbocycles. The number of hydrogen-bond donors (Lipinski definition) is 1. The molecule has 6 heteroatoms. The van der Waals surface area contributed by atoms with Crippen molar-refractivity contribution in [1.82, 2.24) is 9.78 Å². The van der Waals surface area contributed by atoms with Gasteiger partial charge in [-0.25, -0.2) is 13.5 Å². The van der Waals surface area contributed by atoms with E-state index in [4.69, 9.17) is 4.74 Å². The number of halogens is 2. The first-order valence-corrected chi connectivity index (χ1v) is 6.83. The fraction of sp³-hybridized carbons (Fsp3) is 0.400. The van der Waals surface area contributed by atoms with E-state index in [-0.39, 0.29) is 6.04 Å². The molecule has 0 bridgehead atoms. The fourth-order valence-corrected chi connectivity index (χ4v) is 2.72. The maximum Gasteiger partial charge on any atom is 0.260 e. The van der Waals surface area contributed by atoms with Crippen LogP contribution < -0.4 is 10.1 Å². The van der Waals surface area contributed by atoms with Gasteiger partial charge in [0.1, 0.15) is 17.6 Å². The van der Waals surface area contributed by atoms with Crippen LogP contribution >= 0.6 is 0 Å². The standard InChI is InChI=1S/C15H17F2N3O/c1-9-7-14-18-12(8-13(15(16)17)20(14)19-9)10-3-5-11(21-2)6-4-10/h3-7,12-13,15,18H,8H2,1-2H3/t12-,13-/m1/s1. The number of ether oxygens (including phenoxy) is 1. The molecule has 112 valence electrons. The molecule has 3 rings (SSSR count). The zero-order valence-electron chi connectivity index (χ0n) is 11.9. The second-order valence-corrected chi connectivity index (χ2v) is 5.22. The van der Waals surface area contributed by atoms with Gasteiger partial charge in [-0.15, -0.1) is 0 Å². The third-order valence-electron chi connectivity index (χ3n) is 3.78. The highest BCUT2D eigenvalue weighted by molar-refractivity contribution is 5.44. The van der Waals surface area contributed by atoms with Crippen LogP contribution in [-0.4, -0.2) is 23.3 Å². The van der Waals surface area contributed by atoms with E-state index in [9.17, 15) is 8.78 Å². The second-order valence-electron chi connectivity index (χ2n) is 5.22. The van der Waals surface area contributed by atoms with Crippen molar-refractivity contribution in [1.29, 1.82) is 0 Å². The average molecular weight is 293 g/mol. The highest BCUT2D eigenvalue weighted by Gasteiger charge is 2.34. The lowest BCUT2D eigenvalue weighted by atomic mass is 9.97. The van der Waals surface area contributed by atoms with E-state index >= 15 is 0 Å². The summed E-state index contributed by atoms with van der Waals surface area (Å²) in [6, 6.07) is 8.22. The van der Waals surface area contributed by atoms with Gasteiger partial charge in [0.25, 0.3) is 6.43 Å². The summed E-state index contributed by atoms with van der Waals surface area (Å²) in [4.78, 5) is 0. The number of aryl methyl sites for hydroxylation is 1. The molecule has 0 amide bonds. The first kappa shape index (κ1) is 13.9. The number of anilines is 1. The highest BCUT2D eigenvalue weighted by atomic mass is 19.3. The number of nitrogens with one attached hydrogen (secondary N) is 1. The van der Waals surface area contributed by atoms with Crippen molar-refractivity contribution in [3.63, 3.8) is 0 Å². The van der Waals surface area contributed by atoms with E-state index < -0.39 is 12.5 Å². The van der Waals surface area contributed by atoms with Crippen LogP contribution in [0.2, 0.25) is 0 Å². The topological polar surface area (TPSA) is 39.1 Å². The molecule has 2 heterocycles. The van der Waals surface area contributed by atoms with Crippen molar-refractivity contribution < 1.29 is 13.5 Å². The molecule has 0 aliphatic carbocycles. The van der Waals surface area contributed by atoms with E-state index in [1.165, 1.54) is 4.68 Å². The van der Waals surface area contributed by atoms with Crippen LogP contribution in [-0.2, 0) is 0 Å². The van der Waals surface area contributed by atoms with Gasteiger partial charge in [0.05, 0.1) is 18.8 Å². The van der Waals surface area contributed by atoms with Gasteiger partial charge < -0.3 is 10.1 Å². The van der Waals surface area contributed by atoms with Crippen LogP contribution in [0.25, 0.3) is 0 Å². The van der Waals surface area contributed by atoms with Gasteiger partial charge >= 0.3 is 0 Å². The van der Waals surface area contributed by atoms with E-state index in [0.717, 1.165) is 17.0 Å². The van der Waals surface area contributed by atoms with E-state index in [1.807, 2.05) is 24.3 Å². The zero-order chi connectivity index (χ0) is 15.0. The molecule has 0 unspecified atom stereocenters. The van der Waals surface area contributed by atoms with Gasteiger partial charge in [0.2, 0.25) is 0 Å². The average Bonchev–Trinajstić information content (AvgIpc) is 2.86. The molecule has 2 aromatic rings. The fourth-order valence-electron chi connectivity index (χ4n) is 2.72. The van der Waals surface area contributed by atoms with Crippen LogP contribution in [0, 0.1) is 6.92 Å². The number of alkyl halides is 2. The molecule has 4 nitrogen and oxygen atoms in total. The van der Waals surface area contributed by atoms with E-state index in [0.29, 0.717) is 12.2 Å². The quantitative estimate of drug-likeness (QED) is 0.940. The van der Waals surface area contributed by atoms with Crippen LogP contribution in [0.5, 0.6) is 5.75 Å². The molecule has 2 atom stereocenters. The lowest BCUT2D eigenvalue weighted by Gasteiger charge is -2.32. The van der Waals surface area contributed by atoms with Gasteiger partial charge in [-0.05, 0) is 31.0 Å². The van der Waals surface area contributed by atoms with Gasteiger partial charge in [-0.1, -0.05) is 12.1 Å². The minimum atomic E-state index is -2.44. The molecule has 1 aliphatic rings. The maximum atomic E-state index is 13.3. The summed E-state index contributed by atoms with van der Waals surface area (Å²) >= 11 is 0. The van der Waals surface area contributed by atoms with Crippen LogP contribution in [0.3, 0.4) is 0 Å². The normalized spacial score (nSPS) is 21.0. The van der Waals surface area contributed by atoms with Crippen LogP contribution in [0.1, 0.15) is 29.8 Å². The third-order valence-corrected chi connectivity index (χ3v) is 3.78. The molecule has 1 N–H and O–H groups in total. The second kappa shape index (κ2) is 5.35. The summed E-state index contributed by atoms with van der Waals surface area (Å²) in [5, 5.41) is 7.45. The summed E-state index contributed by atoms with van der Waals surface area (Å²) in [5.74, 6) is 1.39. The predicted molar refractivity (Wildman–Crippen MR) is 76.0 cm³/mol. The Morgan fingerprint density at radius 1 is 1.33 bits per heavy atom. The summed E-state index contributed by atoms with van der Waals surface area (Å²) < 4.78 is 33.1. The molecular weight excluding hydrogens is 276 g/mol.